The van der Waals surface area contributed by atoms with Crippen molar-refractivity contribution < 1.29 is 19.1 Å². The van der Waals surface area contributed by atoms with E-state index in [0.717, 1.165) is 10.9 Å². The molecule has 8 nitrogen and oxygen atoms in total. The van der Waals surface area contributed by atoms with Gasteiger partial charge in [-0.15, -0.1) is 0 Å². The van der Waals surface area contributed by atoms with Gasteiger partial charge in [-0.3, -0.25) is 4.90 Å². The lowest BCUT2D eigenvalue weighted by Crippen LogP contribution is -2.48. The average molecular weight is 412 g/mol. The summed E-state index contributed by atoms with van der Waals surface area (Å²) in [6.07, 6.45) is 3.07. The van der Waals surface area contributed by atoms with Crippen LogP contribution < -0.4 is 0 Å². The van der Waals surface area contributed by atoms with Crippen molar-refractivity contribution in [3.63, 3.8) is 0 Å². The van der Waals surface area contributed by atoms with Crippen LogP contribution in [0.5, 0.6) is 0 Å². The molecule has 0 aliphatic carbocycles. The van der Waals surface area contributed by atoms with Crippen LogP contribution in [0.2, 0.25) is 0 Å². The number of hydrogen-bond donors (Lipinski definition) is 1. The minimum atomic E-state index is -0.463. The Morgan fingerprint density at radius 1 is 1.27 bits per heavy atom. The lowest BCUT2D eigenvalue weighted by molar-refractivity contribution is -0.140. The molecule has 2 aromatic rings. The van der Waals surface area contributed by atoms with E-state index < -0.39 is 11.4 Å². The Labute approximate surface area is 175 Å². The first-order valence-corrected chi connectivity index (χ1v) is 10.3. The van der Waals surface area contributed by atoms with Gasteiger partial charge in [0, 0.05) is 42.8 Å². The Morgan fingerprint density at radius 2 is 2.00 bits per heavy atom. The third-order valence-electron chi connectivity index (χ3n) is 5.46. The van der Waals surface area contributed by atoms with Crippen LogP contribution in [0.25, 0.3) is 16.6 Å². The number of nitrogens with zero attached hydrogens (tertiary/aromatic N) is 3. The first-order valence-electron chi connectivity index (χ1n) is 10.3. The molecule has 8 heteroatoms. The molecule has 0 bridgehead atoms. The first-order chi connectivity index (χ1) is 14.3. The zero-order valence-electron chi connectivity index (χ0n) is 17.9. The number of carbonyl (C=O) groups is 2. The van der Waals surface area contributed by atoms with Crippen molar-refractivity contribution in [2.45, 2.75) is 39.2 Å². The summed E-state index contributed by atoms with van der Waals surface area (Å²) in [6.45, 7) is 10.3. The third kappa shape index (κ3) is 3.67. The van der Waals surface area contributed by atoms with Gasteiger partial charge in [-0.05, 0) is 31.5 Å². The number of morpholine rings is 1. The highest BCUT2D eigenvalue weighted by Gasteiger charge is 2.38. The molecule has 0 unspecified atom stereocenters. The molecule has 4 rings (SSSR count). The number of aromatic amines is 1. The van der Waals surface area contributed by atoms with Gasteiger partial charge in [0.05, 0.1) is 30.6 Å². The zero-order valence-corrected chi connectivity index (χ0v) is 17.9. The van der Waals surface area contributed by atoms with E-state index in [2.05, 4.69) is 23.8 Å². The van der Waals surface area contributed by atoms with E-state index in [-0.39, 0.29) is 12.1 Å². The van der Waals surface area contributed by atoms with Crippen molar-refractivity contribution in [1.29, 1.82) is 0 Å². The summed E-state index contributed by atoms with van der Waals surface area (Å²) in [6, 6.07) is 3.74. The number of nitrogens with one attached hydrogen (secondary N) is 1. The lowest BCUT2D eigenvalue weighted by atomic mass is 9.82. The number of fused-ring (bicyclic) bond motifs is 3. The van der Waals surface area contributed by atoms with E-state index in [1.54, 1.807) is 22.2 Å². The van der Waals surface area contributed by atoms with Crippen LogP contribution >= 0.6 is 0 Å². The summed E-state index contributed by atoms with van der Waals surface area (Å²) >= 11 is 0. The van der Waals surface area contributed by atoms with E-state index in [1.165, 1.54) is 0 Å². The minimum absolute atomic E-state index is 0.131. The minimum Gasteiger partial charge on any atom is -0.459 e. The maximum Gasteiger partial charge on any atom is 0.342 e. The summed E-state index contributed by atoms with van der Waals surface area (Å²) in [5.74, 6) is -0.463. The van der Waals surface area contributed by atoms with Gasteiger partial charge in [0.25, 0.3) is 0 Å². The van der Waals surface area contributed by atoms with E-state index in [1.807, 2.05) is 26.0 Å². The number of pyridine rings is 1. The molecule has 0 aromatic carbocycles. The number of aromatic nitrogens is 2. The van der Waals surface area contributed by atoms with Crippen LogP contribution in [0.15, 0.2) is 24.5 Å². The van der Waals surface area contributed by atoms with Crippen molar-refractivity contribution in [2.75, 3.05) is 32.8 Å². The summed E-state index contributed by atoms with van der Waals surface area (Å²) < 4.78 is 10.9. The molecule has 0 saturated carbocycles. The zero-order chi connectivity index (χ0) is 21.5. The maximum absolute atomic E-state index is 13.3. The quantitative estimate of drug-likeness (QED) is 0.767. The van der Waals surface area contributed by atoms with Gasteiger partial charge in [-0.1, -0.05) is 13.8 Å². The summed E-state index contributed by atoms with van der Waals surface area (Å²) in [5.41, 5.74) is 2.26. The second kappa shape index (κ2) is 7.75. The monoisotopic (exact) mass is 412 g/mol. The molecule has 4 heterocycles. The largest absolute Gasteiger partial charge is 0.459 e. The molecule has 1 fully saturated rings. The highest BCUT2D eigenvalue weighted by atomic mass is 16.5. The molecule has 2 amide bonds. The number of hydrogen-bond acceptors (Lipinski definition) is 5. The summed E-state index contributed by atoms with van der Waals surface area (Å²) in [7, 11) is 0. The predicted molar refractivity (Wildman–Crippen MR) is 113 cm³/mol. The number of H-pyrrole nitrogens is 1. The Balaban J connectivity index is 1.84. The summed E-state index contributed by atoms with van der Waals surface area (Å²) in [5, 5.41) is 0.946. The third-order valence-corrected chi connectivity index (χ3v) is 5.46. The van der Waals surface area contributed by atoms with Crippen LogP contribution in [0.4, 0.5) is 4.79 Å². The smallest absolute Gasteiger partial charge is 0.342 e. The van der Waals surface area contributed by atoms with Gasteiger partial charge in [-0.25, -0.2) is 14.6 Å². The number of ether oxygens (including phenoxy) is 2. The van der Waals surface area contributed by atoms with Crippen LogP contribution in [-0.2, 0) is 19.7 Å². The molecule has 1 saturated heterocycles. The van der Waals surface area contributed by atoms with Gasteiger partial charge in [0.15, 0.2) is 0 Å². The van der Waals surface area contributed by atoms with E-state index in [0.29, 0.717) is 49.8 Å². The number of urea groups is 1. The first kappa shape index (κ1) is 20.4. The normalized spacial score (nSPS) is 18.8. The van der Waals surface area contributed by atoms with Crippen LogP contribution in [-0.4, -0.2) is 70.7 Å². The fourth-order valence-electron chi connectivity index (χ4n) is 4.19. The average Bonchev–Trinajstić information content (AvgIpc) is 3.05. The molecule has 160 valence electrons. The molecular weight excluding hydrogens is 384 g/mol. The molecule has 2 aliphatic heterocycles. The maximum atomic E-state index is 13.3. The van der Waals surface area contributed by atoms with E-state index in [4.69, 9.17) is 9.47 Å². The standard InChI is InChI=1S/C22H28N4O4/c1-14(2)30-20(27)16-12-26(21(28)25-8-10-29-11-9-25)13-22(3,4)17-15-6-5-7-23-19(15)24-18(16)17/h5-7,12,14H,8-11,13H2,1-4H3,(H,23,24). The van der Waals surface area contributed by atoms with Crippen molar-refractivity contribution in [1.82, 2.24) is 19.8 Å². The van der Waals surface area contributed by atoms with Gasteiger partial charge in [0.1, 0.15) is 5.65 Å². The van der Waals surface area contributed by atoms with Crippen molar-refractivity contribution in [3.8, 4) is 0 Å². The van der Waals surface area contributed by atoms with Crippen molar-refractivity contribution in [2.24, 2.45) is 0 Å². The Kier molecular flexibility index (Phi) is 5.27. The highest BCUT2D eigenvalue weighted by molar-refractivity contribution is 6.18. The molecule has 0 radical (unpaired) electrons. The SMILES string of the molecule is CC(C)OC(=O)C1=CN(C(=O)N2CCOCC2)CC(C)(C)c2c1[nH]c1ncccc21. The molecule has 1 N–H and O–H groups in total. The Bertz CT molecular complexity index is 1000. The molecule has 2 aliphatic rings. The predicted octanol–water partition coefficient (Wildman–Crippen LogP) is 2.90. The van der Waals surface area contributed by atoms with Crippen LogP contribution in [0.1, 0.15) is 39.0 Å². The van der Waals surface area contributed by atoms with Gasteiger partial charge < -0.3 is 19.4 Å². The van der Waals surface area contributed by atoms with Crippen LogP contribution in [0.3, 0.4) is 0 Å². The number of amides is 2. The van der Waals surface area contributed by atoms with Crippen molar-refractivity contribution in [3.05, 3.63) is 35.8 Å². The Morgan fingerprint density at radius 3 is 2.70 bits per heavy atom. The molecule has 0 atom stereocenters. The van der Waals surface area contributed by atoms with Crippen LogP contribution in [0, 0.1) is 0 Å². The van der Waals surface area contributed by atoms with E-state index in [9.17, 15) is 9.59 Å². The Hall–Kier alpha value is -2.87. The molecular formula is C22H28N4O4. The fraction of sp³-hybridized carbons (Fsp3) is 0.500. The molecule has 2 aromatic heterocycles. The van der Waals surface area contributed by atoms with E-state index >= 15 is 0 Å². The summed E-state index contributed by atoms with van der Waals surface area (Å²) in [4.78, 5) is 37.5. The number of esters is 1. The molecule has 0 spiro atoms. The second-order valence-corrected chi connectivity index (χ2v) is 8.67. The fourth-order valence-corrected chi connectivity index (χ4v) is 4.19. The highest BCUT2D eigenvalue weighted by Crippen LogP contribution is 2.40. The van der Waals surface area contributed by atoms with Gasteiger partial charge in [-0.2, -0.15) is 0 Å². The topological polar surface area (TPSA) is 87.8 Å². The number of rotatable bonds is 2. The molecule has 30 heavy (non-hydrogen) atoms. The second-order valence-electron chi connectivity index (χ2n) is 8.67. The van der Waals surface area contributed by atoms with Gasteiger partial charge >= 0.3 is 12.0 Å². The number of carbonyl (C=O) groups excluding carboxylic acids is 2. The van der Waals surface area contributed by atoms with Crippen molar-refractivity contribution >= 4 is 28.6 Å². The van der Waals surface area contributed by atoms with Gasteiger partial charge in [0.2, 0.25) is 0 Å². The lowest BCUT2D eigenvalue weighted by Gasteiger charge is -2.34.